The van der Waals surface area contributed by atoms with E-state index < -0.39 is 22.0 Å². The molecule has 0 spiro atoms. The van der Waals surface area contributed by atoms with Crippen molar-refractivity contribution in [2.24, 2.45) is 0 Å². The van der Waals surface area contributed by atoms with Crippen molar-refractivity contribution in [1.29, 1.82) is 0 Å². The number of ether oxygens (including phenoxy) is 1. The third-order valence-corrected chi connectivity index (χ3v) is 7.25. The van der Waals surface area contributed by atoms with Crippen molar-refractivity contribution >= 4 is 33.2 Å². The van der Waals surface area contributed by atoms with Gasteiger partial charge in [-0.15, -0.1) is 0 Å². The molecule has 3 aromatic carbocycles. The van der Waals surface area contributed by atoms with Crippen LogP contribution in [0.1, 0.15) is 28.8 Å². The van der Waals surface area contributed by atoms with Crippen molar-refractivity contribution < 1.29 is 22.7 Å². The Balaban J connectivity index is 1.16. The van der Waals surface area contributed by atoms with Crippen molar-refractivity contribution in [3.63, 3.8) is 0 Å². The number of anilines is 2. The maximum atomic E-state index is 12.6. The van der Waals surface area contributed by atoms with Gasteiger partial charge >= 0.3 is 0 Å². The first-order valence-corrected chi connectivity index (χ1v) is 12.7. The van der Waals surface area contributed by atoms with Gasteiger partial charge in [0, 0.05) is 23.7 Å². The van der Waals surface area contributed by atoms with Crippen LogP contribution in [0.3, 0.4) is 0 Å². The Morgan fingerprint density at radius 3 is 2.40 bits per heavy atom. The second-order valence-corrected chi connectivity index (χ2v) is 10.2. The minimum absolute atomic E-state index is 0.0274. The first-order chi connectivity index (χ1) is 16.9. The molecule has 1 aliphatic carbocycles. The van der Waals surface area contributed by atoms with Crippen molar-refractivity contribution in [3.8, 4) is 5.75 Å². The number of rotatable bonds is 8. The highest BCUT2D eigenvalue weighted by Crippen LogP contribution is 2.29. The van der Waals surface area contributed by atoms with Gasteiger partial charge in [-0.3, -0.25) is 20.4 Å². The summed E-state index contributed by atoms with van der Waals surface area (Å²) in [4.78, 5) is 25.4. The molecule has 3 aromatic rings. The number of hydrogen-bond acceptors (Lipinski definition) is 6. The average Bonchev–Trinajstić information content (AvgIpc) is 3.55. The summed E-state index contributed by atoms with van der Waals surface area (Å²) in [6.45, 7) is 0. The summed E-state index contributed by atoms with van der Waals surface area (Å²) >= 11 is 0. The zero-order chi connectivity index (χ0) is 24.4. The molecule has 1 saturated carbocycles. The highest BCUT2D eigenvalue weighted by atomic mass is 32.2. The quantitative estimate of drug-likeness (QED) is 0.359. The van der Waals surface area contributed by atoms with Gasteiger partial charge in [0.1, 0.15) is 5.75 Å². The van der Waals surface area contributed by atoms with Crippen molar-refractivity contribution in [3.05, 3.63) is 83.9 Å². The molecule has 180 valence electrons. The molecule has 2 aliphatic rings. The van der Waals surface area contributed by atoms with Gasteiger partial charge in [-0.25, -0.2) is 13.1 Å². The van der Waals surface area contributed by atoms with Gasteiger partial charge in [-0.05, 0) is 66.9 Å². The fraction of sp³-hybridized carbons (Fsp3) is 0.200. The maximum absolute atomic E-state index is 12.6. The smallest absolute Gasteiger partial charge is 0.269 e. The number of nitrogens with one attached hydrogen (secondary N) is 4. The molecule has 1 aliphatic heterocycles. The van der Waals surface area contributed by atoms with Crippen LogP contribution in [0, 0.1) is 0 Å². The standard InChI is InChI=1S/C25H24N4O5S/c30-24(28-27-18-10-12-21(13-11-18)35(32,33)29-19-8-9-19)17-5-3-6-20(14-17)26-25(31)23-15-16-4-1-2-7-22(16)34-23/h1-7,10-14,19,23,27,29H,8-9,15H2,(H,26,31)(H,28,30). The number of hydrogen-bond donors (Lipinski definition) is 4. The first kappa shape index (κ1) is 22.9. The van der Waals surface area contributed by atoms with E-state index in [1.807, 2.05) is 24.3 Å². The summed E-state index contributed by atoms with van der Waals surface area (Å²) in [7, 11) is -3.53. The van der Waals surface area contributed by atoms with Crippen LogP contribution in [0.5, 0.6) is 5.75 Å². The van der Waals surface area contributed by atoms with Crippen LogP contribution in [-0.2, 0) is 21.2 Å². The van der Waals surface area contributed by atoms with Crippen molar-refractivity contribution in [1.82, 2.24) is 10.1 Å². The summed E-state index contributed by atoms with van der Waals surface area (Å²) in [5.41, 5.74) is 7.65. The van der Waals surface area contributed by atoms with Crippen LogP contribution in [0.4, 0.5) is 11.4 Å². The monoisotopic (exact) mass is 492 g/mol. The highest BCUT2D eigenvalue weighted by Gasteiger charge is 2.29. The SMILES string of the molecule is O=C(NNc1ccc(S(=O)(=O)NC2CC2)cc1)c1cccc(NC(=O)C2Cc3ccccc3O2)c1. The zero-order valence-corrected chi connectivity index (χ0v) is 19.5. The van der Waals surface area contributed by atoms with Gasteiger partial charge in [-0.1, -0.05) is 24.3 Å². The molecule has 35 heavy (non-hydrogen) atoms. The minimum Gasteiger partial charge on any atom is -0.480 e. The van der Waals surface area contributed by atoms with Crippen molar-refractivity contribution in [2.75, 3.05) is 10.7 Å². The van der Waals surface area contributed by atoms with E-state index in [1.54, 1.807) is 36.4 Å². The lowest BCUT2D eigenvalue weighted by molar-refractivity contribution is -0.122. The van der Waals surface area contributed by atoms with E-state index in [-0.39, 0.29) is 16.8 Å². The van der Waals surface area contributed by atoms with Gasteiger partial charge in [0.2, 0.25) is 10.0 Å². The summed E-state index contributed by atoms with van der Waals surface area (Å²) in [6, 6.07) is 20.2. The number of benzene rings is 3. The molecule has 0 radical (unpaired) electrons. The van der Waals surface area contributed by atoms with Gasteiger partial charge in [0.05, 0.1) is 10.6 Å². The molecule has 2 amide bonds. The summed E-state index contributed by atoms with van der Waals surface area (Å²) in [6.07, 6.45) is 1.58. The van der Waals surface area contributed by atoms with Crippen LogP contribution in [0.2, 0.25) is 0 Å². The topological polar surface area (TPSA) is 126 Å². The van der Waals surface area contributed by atoms with Crippen LogP contribution >= 0.6 is 0 Å². The predicted molar refractivity (Wildman–Crippen MR) is 131 cm³/mol. The fourth-order valence-electron chi connectivity index (χ4n) is 3.70. The number of amides is 2. The molecule has 1 unspecified atom stereocenters. The molecular weight excluding hydrogens is 468 g/mol. The molecular formula is C25H24N4O5S. The molecule has 9 nitrogen and oxygen atoms in total. The Kier molecular flexibility index (Phi) is 6.14. The third kappa shape index (κ3) is 5.44. The Morgan fingerprint density at radius 1 is 0.886 bits per heavy atom. The predicted octanol–water partition coefficient (Wildman–Crippen LogP) is 2.83. The molecule has 10 heteroatoms. The van der Waals surface area contributed by atoms with Crippen LogP contribution in [0.15, 0.2) is 77.7 Å². The number of para-hydroxylation sites is 1. The lowest BCUT2D eigenvalue weighted by Gasteiger charge is -2.13. The lowest BCUT2D eigenvalue weighted by atomic mass is 10.1. The van der Waals surface area contributed by atoms with Crippen LogP contribution in [0.25, 0.3) is 0 Å². The van der Waals surface area contributed by atoms with E-state index in [2.05, 4.69) is 20.9 Å². The van der Waals surface area contributed by atoms with Gasteiger partial charge in [0.25, 0.3) is 11.8 Å². The van der Waals surface area contributed by atoms with E-state index in [0.717, 1.165) is 18.4 Å². The number of carbonyl (C=O) groups is 2. The average molecular weight is 493 g/mol. The first-order valence-electron chi connectivity index (χ1n) is 11.2. The molecule has 0 bridgehead atoms. The van der Waals surface area contributed by atoms with E-state index in [4.69, 9.17) is 4.74 Å². The van der Waals surface area contributed by atoms with E-state index in [9.17, 15) is 18.0 Å². The fourth-order valence-corrected chi connectivity index (χ4v) is 5.00. The Hall–Kier alpha value is -3.89. The number of carbonyl (C=O) groups excluding carboxylic acids is 2. The van der Waals surface area contributed by atoms with Gasteiger partial charge in [0.15, 0.2) is 6.10 Å². The largest absolute Gasteiger partial charge is 0.480 e. The molecule has 1 atom stereocenters. The number of sulfonamides is 1. The van der Waals surface area contributed by atoms with Gasteiger partial charge < -0.3 is 10.1 Å². The zero-order valence-electron chi connectivity index (χ0n) is 18.7. The summed E-state index contributed by atoms with van der Waals surface area (Å²) in [5.74, 6) is -0.00233. The Morgan fingerprint density at radius 2 is 1.66 bits per heavy atom. The van der Waals surface area contributed by atoms with E-state index in [1.165, 1.54) is 12.1 Å². The Labute approximate surface area is 202 Å². The molecule has 4 N–H and O–H groups in total. The highest BCUT2D eigenvalue weighted by molar-refractivity contribution is 7.89. The molecule has 0 aromatic heterocycles. The normalized spacial score (nSPS) is 16.6. The van der Waals surface area contributed by atoms with Gasteiger partial charge in [-0.2, -0.15) is 0 Å². The second-order valence-electron chi connectivity index (χ2n) is 8.49. The molecule has 1 fully saturated rings. The second kappa shape index (κ2) is 9.40. The Bertz CT molecular complexity index is 1350. The maximum Gasteiger partial charge on any atom is 0.269 e. The molecule has 1 heterocycles. The van der Waals surface area contributed by atoms with Crippen molar-refractivity contribution in [2.45, 2.75) is 36.3 Å². The third-order valence-electron chi connectivity index (χ3n) is 5.72. The lowest BCUT2D eigenvalue weighted by Crippen LogP contribution is -2.32. The number of hydrazine groups is 1. The summed E-state index contributed by atoms with van der Waals surface area (Å²) in [5, 5.41) is 2.80. The summed E-state index contributed by atoms with van der Waals surface area (Å²) < 4.78 is 32.8. The molecule has 0 saturated heterocycles. The van der Waals surface area contributed by atoms with Crippen LogP contribution < -0.4 is 25.6 Å². The molecule has 5 rings (SSSR count). The number of fused-ring (bicyclic) bond motifs is 1. The van der Waals surface area contributed by atoms with E-state index >= 15 is 0 Å². The van der Waals surface area contributed by atoms with Crippen LogP contribution in [-0.4, -0.2) is 32.4 Å². The van der Waals surface area contributed by atoms with E-state index in [0.29, 0.717) is 29.1 Å². The minimum atomic E-state index is -3.53.